The molecule has 0 spiro atoms. The van der Waals surface area contributed by atoms with Crippen LogP contribution in [0.2, 0.25) is 0 Å². The Hall–Kier alpha value is -2.36. The lowest BCUT2D eigenvalue weighted by Gasteiger charge is -2.21. The summed E-state index contributed by atoms with van der Waals surface area (Å²) in [5.74, 6) is 1.64. The van der Waals surface area contributed by atoms with Gasteiger partial charge in [0.2, 0.25) is 11.7 Å². The molecule has 160 valence electrons. The number of nitrogens with zero attached hydrogens (tertiary/aromatic N) is 2. The Morgan fingerprint density at radius 1 is 1.10 bits per heavy atom. The second kappa shape index (κ2) is 12.3. The molecule has 2 rings (SSSR count). The molecule has 9 heteroatoms. The molecule has 1 heterocycles. The minimum atomic E-state index is -0.0758. The van der Waals surface area contributed by atoms with Crippen LogP contribution in [0.5, 0.6) is 17.2 Å². The Morgan fingerprint density at radius 2 is 1.83 bits per heavy atom. The average molecular weight is 425 g/mol. The van der Waals surface area contributed by atoms with Crippen LogP contribution < -0.4 is 14.2 Å². The van der Waals surface area contributed by atoms with Gasteiger partial charge in [0.25, 0.3) is 0 Å². The van der Waals surface area contributed by atoms with Gasteiger partial charge in [-0.05, 0) is 18.6 Å². The highest BCUT2D eigenvalue weighted by atomic mass is 32.1. The van der Waals surface area contributed by atoms with Crippen molar-refractivity contribution in [2.45, 2.75) is 19.6 Å². The zero-order valence-corrected chi connectivity index (χ0v) is 18.1. The van der Waals surface area contributed by atoms with Crippen LogP contribution in [0.4, 0.5) is 0 Å². The van der Waals surface area contributed by atoms with Crippen LogP contribution >= 0.6 is 11.3 Å². The van der Waals surface area contributed by atoms with Crippen LogP contribution in [0.3, 0.4) is 0 Å². The minimum Gasteiger partial charge on any atom is -0.493 e. The number of para-hydroxylation sites is 1. The fraction of sp³-hybridized carbons (Fsp3) is 0.500. The molecule has 2 aromatic rings. The number of ether oxygens (including phenoxy) is 5. The standard InChI is InChI=1S/C20H28N2O6S/c1-24-10-6-9-22(19(23)13-25-2)11-15-14-29-18(21-15)12-28-20-16(26-3)7-5-8-17(20)27-4/h5,7-8,14H,6,9-13H2,1-4H3. The van der Waals surface area contributed by atoms with E-state index in [1.54, 1.807) is 26.2 Å². The SMILES string of the molecule is COCCCN(Cc1csc(COc2c(OC)cccc2OC)n1)C(=O)COC. The maximum atomic E-state index is 12.3. The van der Waals surface area contributed by atoms with E-state index in [4.69, 9.17) is 23.7 Å². The Bertz CT molecular complexity index is 745. The smallest absolute Gasteiger partial charge is 0.248 e. The number of hydrogen-bond acceptors (Lipinski definition) is 8. The zero-order chi connectivity index (χ0) is 21.1. The topological polar surface area (TPSA) is 79.4 Å². The fourth-order valence-corrected chi connectivity index (χ4v) is 3.38. The number of amides is 1. The molecule has 0 saturated heterocycles. The second-order valence-corrected chi connectivity index (χ2v) is 7.05. The summed E-state index contributed by atoms with van der Waals surface area (Å²) < 4.78 is 26.6. The van der Waals surface area contributed by atoms with E-state index >= 15 is 0 Å². The van der Waals surface area contributed by atoms with Gasteiger partial charge in [-0.25, -0.2) is 4.98 Å². The molecule has 0 aliphatic carbocycles. The van der Waals surface area contributed by atoms with Gasteiger partial charge in [0, 0.05) is 32.8 Å². The van der Waals surface area contributed by atoms with Gasteiger partial charge in [-0.2, -0.15) is 0 Å². The number of rotatable bonds is 13. The van der Waals surface area contributed by atoms with Crippen LogP contribution in [0, 0.1) is 0 Å². The predicted octanol–water partition coefficient (Wildman–Crippen LogP) is 2.75. The Balaban J connectivity index is 2.01. The van der Waals surface area contributed by atoms with Crippen molar-refractivity contribution in [1.82, 2.24) is 9.88 Å². The van der Waals surface area contributed by atoms with Crippen LogP contribution in [0.25, 0.3) is 0 Å². The van der Waals surface area contributed by atoms with Crippen LogP contribution in [0.1, 0.15) is 17.1 Å². The van der Waals surface area contributed by atoms with Crippen LogP contribution in [-0.2, 0) is 27.4 Å². The van der Waals surface area contributed by atoms with Gasteiger partial charge in [0.1, 0.15) is 18.2 Å². The van der Waals surface area contributed by atoms with E-state index in [0.717, 1.165) is 17.1 Å². The van der Waals surface area contributed by atoms with Gasteiger partial charge in [-0.15, -0.1) is 11.3 Å². The van der Waals surface area contributed by atoms with Crippen molar-refractivity contribution in [3.05, 3.63) is 34.3 Å². The number of methoxy groups -OCH3 is 4. The average Bonchev–Trinajstić information content (AvgIpc) is 3.18. The van der Waals surface area contributed by atoms with Gasteiger partial charge in [-0.1, -0.05) is 6.07 Å². The van der Waals surface area contributed by atoms with Crippen molar-refractivity contribution < 1.29 is 28.5 Å². The normalized spacial score (nSPS) is 10.6. The van der Waals surface area contributed by atoms with Crippen LogP contribution in [0.15, 0.2) is 23.6 Å². The maximum absolute atomic E-state index is 12.3. The van der Waals surface area contributed by atoms with Gasteiger partial charge in [-0.3, -0.25) is 4.79 Å². The lowest BCUT2D eigenvalue weighted by molar-refractivity contribution is -0.136. The molecule has 29 heavy (non-hydrogen) atoms. The Labute approximate surface area is 175 Å². The van der Waals surface area contributed by atoms with E-state index in [9.17, 15) is 4.79 Å². The summed E-state index contributed by atoms with van der Waals surface area (Å²) in [5.41, 5.74) is 0.808. The third kappa shape index (κ3) is 6.88. The molecule has 0 aliphatic heterocycles. The molecule has 0 N–H and O–H groups in total. The van der Waals surface area contributed by atoms with Crippen LogP contribution in [-0.4, -0.2) is 64.0 Å². The number of carbonyl (C=O) groups is 1. The summed E-state index contributed by atoms with van der Waals surface area (Å²) in [7, 11) is 6.32. The van der Waals surface area contributed by atoms with E-state index in [1.807, 2.05) is 23.6 Å². The molecule has 1 amide bonds. The summed E-state index contributed by atoms with van der Waals surface area (Å²) in [6, 6.07) is 5.45. The fourth-order valence-electron chi connectivity index (χ4n) is 2.68. The Morgan fingerprint density at radius 3 is 2.45 bits per heavy atom. The number of hydrogen-bond donors (Lipinski definition) is 0. The Kier molecular flexibility index (Phi) is 9.69. The predicted molar refractivity (Wildman–Crippen MR) is 110 cm³/mol. The first kappa shape index (κ1) is 22.9. The van der Waals surface area contributed by atoms with E-state index in [0.29, 0.717) is 36.9 Å². The molecule has 0 unspecified atom stereocenters. The minimum absolute atomic E-state index is 0.0423. The summed E-state index contributed by atoms with van der Waals surface area (Å²) in [6.45, 7) is 1.91. The highest BCUT2D eigenvalue weighted by Gasteiger charge is 2.16. The van der Waals surface area contributed by atoms with Gasteiger partial charge >= 0.3 is 0 Å². The van der Waals surface area contributed by atoms with Gasteiger partial charge < -0.3 is 28.6 Å². The molecule has 1 aromatic heterocycles. The number of aromatic nitrogens is 1. The molecule has 0 radical (unpaired) electrons. The summed E-state index contributed by atoms with van der Waals surface area (Å²) in [5, 5.41) is 2.73. The van der Waals surface area contributed by atoms with Gasteiger partial charge in [0.15, 0.2) is 11.5 Å². The molecule has 0 saturated carbocycles. The van der Waals surface area contributed by atoms with Crippen molar-refractivity contribution in [3.63, 3.8) is 0 Å². The quantitative estimate of drug-likeness (QED) is 0.458. The number of benzene rings is 1. The maximum Gasteiger partial charge on any atom is 0.248 e. The monoisotopic (exact) mass is 424 g/mol. The van der Waals surface area contributed by atoms with Crippen molar-refractivity contribution in [2.24, 2.45) is 0 Å². The third-order valence-electron chi connectivity index (χ3n) is 4.07. The molecule has 1 aromatic carbocycles. The molecule has 8 nitrogen and oxygen atoms in total. The molecule has 0 fully saturated rings. The second-order valence-electron chi connectivity index (χ2n) is 6.11. The molecular formula is C20H28N2O6S. The molecule has 0 aliphatic rings. The largest absolute Gasteiger partial charge is 0.493 e. The molecule has 0 bridgehead atoms. The van der Waals surface area contributed by atoms with Gasteiger partial charge in [0.05, 0.1) is 26.5 Å². The third-order valence-corrected chi connectivity index (χ3v) is 4.94. The van der Waals surface area contributed by atoms with Crippen molar-refractivity contribution in [2.75, 3.05) is 48.2 Å². The first-order chi connectivity index (χ1) is 14.1. The summed E-state index contributed by atoms with van der Waals surface area (Å²) in [6.07, 6.45) is 0.750. The van der Waals surface area contributed by atoms with E-state index in [-0.39, 0.29) is 19.1 Å². The molecular weight excluding hydrogens is 396 g/mol. The summed E-state index contributed by atoms with van der Waals surface area (Å²) in [4.78, 5) is 18.6. The highest BCUT2D eigenvalue weighted by molar-refractivity contribution is 7.09. The first-order valence-corrected chi connectivity index (χ1v) is 10.0. The van der Waals surface area contributed by atoms with Crippen molar-refractivity contribution in [3.8, 4) is 17.2 Å². The zero-order valence-electron chi connectivity index (χ0n) is 17.3. The lowest BCUT2D eigenvalue weighted by atomic mass is 10.3. The first-order valence-electron chi connectivity index (χ1n) is 9.15. The lowest BCUT2D eigenvalue weighted by Crippen LogP contribution is -2.34. The highest BCUT2D eigenvalue weighted by Crippen LogP contribution is 2.37. The van der Waals surface area contributed by atoms with Crippen molar-refractivity contribution >= 4 is 17.2 Å². The van der Waals surface area contributed by atoms with E-state index in [2.05, 4.69) is 4.98 Å². The molecule has 0 atom stereocenters. The summed E-state index contributed by atoms with van der Waals surface area (Å²) >= 11 is 1.48. The number of thiazole rings is 1. The number of carbonyl (C=O) groups excluding carboxylic acids is 1. The van der Waals surface area contributed by atoms with E-state index in [1.165, 1.54) is 18.4 Å². The van der Waals surface area contributed by atoms with E-state index < -0.39 is 0 Å². The van der Waals surface area contributed by atoms with Crippen molar-refractivity contribution in [1.29, 1.82) is 0 Å².